The van der Waals surface area contributed by atoms with Crippen molar-refractivity contribution < 1.29 is 14.3 Å². The van der Waals surface area contributed by atoms with Crippen molar-refractivity contribution in [1.29, 1.82) is 0 Å². The van der Waals surface area contributed by atoms with Gasteiger partial charge in [0.2, 0.25) is 0 Å². The average molecular weight is 280 g/mol. The smallest absolute Gasteiger partial charge is 0.306 e. The lowest BCUT2D eigenvalue weighted by Gasteiger charge is -2.13. The molecule has 0 aromatic rings. The quantitative estimate of drug-likeness (QED) is 0.363. The summed E-state index contributed by atoms with van der Waals surface area (Å²) < 4.78 is 4.96. The van der Waals surface area contributed by atoms with Crippen molar-refractivity contribution in [3.05, 3.63) is 12.2 Å². The normalized spacial score (nSPS) is 22.6. The van der Waals surface area contributed by atoms with E-state index in [-0.39, 0.29) is 30.0 Å². The molecule has 1 saturated carbocycles. The lowest BCUT2D eigenvalue weighted by atomic mass is 9.91. The first-order valence-corrected chi connectivity index (χ1v) is 8.04. The third kappa shape index (κ3) is 5.89. The van der Waals surface area contributed by atoms with Crippen LogP contribution in [-0.2, 0) is 14.3 Å². The zero-order valence-electron chi connectivity index (χ0n) is 12.9. The molecule has 3 heteroatoms. The first-order chi connectivity index (χ1) is 9.69. The van der Waals surface area contributed by atoms with Crippen molar-refractivity contribution >= 4 is 11.8 Å². The molecule has 0 amide bonds. The summed E-state index contributed by atoms with van der Waals surface area (Å²) in [5.74, 6) is 0.0619. The molecule has 3 nitrogen and oxygen atoms in total. The molecule has 0 aromatic heterocycles. The Morgan fingerprint density at radius 1 is 1.30 bits per heavy atom. The molecule has 0 heterocycles. The summed E-state index contributed by atoms with van der Waals surface area (Å²) in [6.45, 7) is 4.39. The summed E-state index contributed by atoms with van der Waals surface area (Å²) in [7, 11) is 0. The van der Waals surface area contributed by atoms with E-state index in [1.54, 1.807) is 6.92 Å². The molecule has 0 radical (unpaired) electrons. The van der Waals surface area contributed by atoms with E-state index in [1.807, 2.05) is 0 Å². The maximum absolute atomic E-state index is 11.9. The number of allylic oxidation sites excluding steroid dienone is 2. The van der Waals surface area contributed by atoms with Crippen LogP contribution in [0, 0.1) is 11.8 Å². The van der Waals surface area contributed by atoms with Crippen molar-refractivity contribution in [3.63, 3.8) is 0 Å². The van der Waals surface area contributed by atoms with Gasteiger partial charge in [-0.2, -0.15) is 0 Å². The molecule has 0 spiro atoms. The van der Waals surface area contributed by atoms with E-state index in [2.05, 4.69) is 19.1 Å². The van der Waals surface area contributed by atoms with E-state index in [1.165, 1.54) is 25.7 Å². The highest BCUT2D eigenvalue weighted by Gasteiger charge is 2.34. The van der Waals surface area contributed by atoms with Crippen LogP contribution in [0.1, 0.15) is 65.2 Å². The number of hydrogen-bond donors (Lipinski definition) is 0. The number of ketones is 1. The Bertz CT molecular complexity index is 333. The van der Waals surface area contributed by atoms with E-state index in [4.69, 9.17) is 4.74 Å². The molecule has 0 bridgehead atoms. The van der Waals surface area contributed by atoms with Crippen LogP contribution in [0.2, 0.25) is 0 Å². The second kappa shape index (κ2) is 9.73. The van der Waals surface area contributed by atoms with Gasteiger partial charge < -0.3 is 4.74 Å². The Morgan fingerprint density at radius 2 is 2.10 bits per heavy atom. The Labute approximate surface area is 122 Å². The molecular formula is C17H28O3. The summed E-state index contributed by atoms with van der Waals surface area (Å²) in [5, 5.41) is 0. The van der Waals surface area contributed by atoms with E-state index < -0.39 is 0 Å². The SMILES string of the molecule is CCCCCCC=CC1CCC(=O)C1CC(=O)OCC. The van der Waals surface area contributed by atoms with E-state index >= 15 is 0 Å². The number of Topliss-reactive ketones (excluding diaryl/α,β-unsaturated/α-hetero) is 1. The summed E-state index contributed by atoms with van der Waals surface area (Å²) in [4.78, 5) is 23.4. The van der Waals surface area contributed by atoms with Crippen LogP contribution >= 0.6 is 0 Å². The Balaban J connectivity index is 2.37. The van der Waals surface area contributed by atoms with Crippen LogP contribution in [0.15, 0.2) is 12.2 Å². The van der Waals surface area contributed by atoms with Gasteiger partial charge >= 0.3 is 5.97 Å². The molecule has 1 rings (SSSR count). The number of rotatable bonds is 9. The highest BCUT2D eigenvalue weighted by Crippen LogP contribution is 2.32. The van der Waals surface area contributed by atoms with Gasteiger partial charge in [0, 0.05) is 12.3 Å². The fourth-order valence-corrected chi connectivity index (χ4v) is 2.79. The highest BCUT2D eigenvalue weighted by molar-refractivity contribution is 5.87. The Morgan fingerprint density at radius 3 is 2.80 bits per heavy atom. The molecule has 1 aliphatic carbocycles. The van der Waals surface area contributed by atoms with E-state index in [0.717, 1.165) is 12.8 Å². The molecule has 0 aromatic carbocycles. The lowest BCUT2D eigenvalue weighted by Crippen LogP contribution is -2.19. The van der Waals surface area contributed by atoms with Gasteiger partial charge in [-0.25, -0.2) is 0 Å². The molecular weight excluding hydrogens is 252 g/mol. The van der Waals surface area contributed by atoms with Crippen LogP contribution < -0.4 is 0 Å². The topological polar surface area (TPSA) is 43.4 Å². The van der Waals surface area contributed by atoms with Gasteiger partial charge in [-0.3, -0.25) is 9.59 Å². The number of unbranched alkanes of at least 4 members (excludes halogenated alkanes) is 4. The first-order valence-electron chi connectivity index (χ1n) is 8.04. The Hall–Kier alpha value is -1.12. The molecule has 2 atom stereocenters. The van der Waals surface area contributed by atoms with Crippen LogP contribution in [-0.4, -0.2) is 18.4 Å². The molecule has 20 heavy (non-hydrogen) atoms. The number of carbonyl (C=O) groups excluding carboxylic acids is 2. The third-order valence-electron chi connectivity index (χ3n) is 3.95. The predicted molar refractivity (Wildman–Crippen MR) is 80.4 cm³/mol. The summed E-state index contributed by atoms with van der Waals surface area (Å²) >= 11 is 0. The third-order valence-corrected chi connectivity index (χ3v) is 3.95. The molecule has 1 fully saturated rings. The molecule has 2 unspecified atom stereocenters. The number of carbonyl (C=O) groups is 2. The van der Waals surface area contributed by atoms with Crippen LogP contribution in [0.3, 0.4) is 0 Å². The molecule has 1 aliphatic rings. The zero-order valence-corrected chi connectivity index (χ0v) is 12.9. The molecule has 0 saturated heterocycles. The zero-order chi connectivity index (χ0) is 14.8. The van der Waals surface area contributed by atoms with Gasteiger partial charge in [0.15, 0.2) is 0 Å². The van der Waals surface area contributed by atoms with Gasteiger partial charge in [0.25, 0.3) is 0 Å². The fourth-order valence-electron chi connectivity index (χ4n) is 2.79. The monoisotopic (exact) mass is 280 g/mol. The number of esters is 1. The summed E-state index contributed by atoms with van der Waals surface area (Å²) in [6.07, 6.45) is 12.2. The second-order valence-corrected chi connectivity index (χ2v) is 5.56. The molecule has 0 N–H and O–H groups in total. The summed E-state index contributed by atoms with van der Waals surface area (Å²) in [5.41, 5.74) is 0. The van der Waals surface area contributed by atoms with Gasteiger partial charge in [-0.1, -0.05) is 38.3 Å². The van der Waals surface area contributed by atoms with Crippen molar-refractivity contribution in [2.45, 2.75) is 65.2 Å². The second-order valence-electron chi connectivity index (χ2n) is 5.56. The Kier molecular flexibility index (Phi) is 8.24. The van der Waals surface area contributed by atoms with Crippen molar-refractivity contribution in [2.24, 2.45) is 11.8 Å². The molecule has 0 aliphatic heterocycles. The largest absolute Gasteiger partial charge is 0.466 e. The minimum Gasteiger partial charge on any atom is -0.466 e. The average Bonchev–Trinajstić information content (AvgIpc) is 2.76. The summed E-state index contributed by atoms with van der Waals surface area (Å²) in [6, 6.07) is 0. The minimum atomic E-state index is -0.242. The van der Waals surface area contributed by atoms with Crippen molar-refractivity contribution in [3.8, 4) is 0 Å². The van der Waals surface area contributed by atoms with Crippen LogP contribution in [0.25, 0.3) is 0 Å². The molecule has 114 valence electrons. The van der Waals surface area contributed by atoms with Crippen LogP contribution in [0.5, 0.6) is 0 Å². The first kappa shape index (κ1) is 16.9. The van der Waals surface area contributed by atoms with Crippen LogP contribution in [0.4, 0.5) is 0 Å². The highest BCUT2D eigenvalue weighted by atomic mass is 16.5. The lowest BCUT2D eigenvalue weighted by molar-refractivity contribution is -0.146. The maximum atomic E-state index is 11.9. The fraction of sp³-hybridized carbons (Fsp3) is 0.765. The van der Waals surface area contributed by atoms with Gasteiger partial charge in [-0.15, -0.1) is 0 Å². The van der Waals surface area contributed by atoms with Gasteiger partial charge in [0.05, 0.1) is 13.0 Å². The van der Waals surface area contributed by atoms with Gasteiger partial charge in [0.1, 0.15) is 5.78 Å². The van der Waals surface area contributed by atoms with E-state index in [9.17, 15) is 9.59 Å². The number of ether oxygens (including phenoxy) is 1. The van der Waals surface area contributed by atoms with Crippen molar-refractivity contribution in [1.82, 2.24) is 0 Å². The number of hydrogen-bond acceptors (Lipinski definition) is 3. The minimum absolute atomic E-state index is 0.152. The van der Waals surface area contributed by atoms with E-state index in [0.29, 0.717) is 13.0 Å². The maximum Gasteiger partial charge on any atom is 0.306 e. The predicted octanol–water partition coefficient (Wildman–Crippen LogP) is 4.06. The van der Waals surface area contributed by atoms with Crippen molar-refractivity contribution in [2.75, 3.05) is 6.61 Å². The van der Waals surface area contributed by atoms with Gasteiger partial charge in [-0.05, 0) is 32.1 Å². The standard InChI is InChI=1S/C17H28O3/c1-3-5-6-7-8-9-10-14-11-12-16(18)15(14)13-17(19)20-4-2/h9-10,14-15H,3-8,11-13H2,1-2H3.